The monoisotopic (exact) mass is 454 g/mol. The van der Waals surface area contributed by atoms with Crippen molar-refractivity contribution in [2.45, 2.75) is 12.7 Å². The Bertz CT molecular complexity index is 846. The number of hydrogen-bond acceptors (Lipinski definition) is 4. The van der Waals surface area contributed by atoms with Crippen LogP contribution in [-0.4, -0.2) is 19.9 Å². The Balaban J connectivity index is 1.85. The van der Waals surface area contributed by atoms with Crippen molar-refractivity contribution < 1.29 is 17.7 Å². The minimum Gasteiger partial charge on any atom is -0.329 e. The summed E-state index contributed by atoms with van der Waals surface area (Å²) in [5.74, 6) is -1.56. The van der Waals surface area contributed by atoms with E-state index in [4.69, 9.17) is 11.6 Å². The molecule has 0 unspecified atom stereocenters. The molecule has 120 valence electrons. The van der Waals surface area contributed by atoms with Gasteiger partial charge in [-0.05, 0) is 34.2 Å². The number of halogens is 5. The first-order valence-electron chi connectivity index (χ1n) is 6.20. The predicted octanol–water partition coefficient (Wildman–Crippen LogP) is 4.26. The third kappa shape index (κ3) is 3.66. The van der Waals surface area contributed by atoms with Crippen LogP contribution >= 0.6 is 34.2 Å². The van der Waals surface area contributed by atoms with E-state index in [2.05, 4.69) is 42.4 Å². The molecule has 0 aliphatic heterocycles. The number of rotatable bonds is 3. The van der Waals surface area contributed by atoms with Crippen LogP contribution < -0.4 is 0 Å². The molecule has 5 nitrogen and oxygen atoms in total. The summed E-state index contributed by atoms with van der Waals surface area (Å²) in [6.07, 6.45) is -1.12. The Morgan fingerprint density at radius 2 is 2.09 bits per heavy atom. The van der Waals surface area contributed by atoms with Gasteiger partial charge in [-0.3, -0.25) is 4.68 Å². The highest BCUT2D eigenvalue weighted by molar-refractivity contribution is 14.1. The summed E-state index contributed by atoms with van der Waals surface area (Å²) in [6, 6.07) is 4.77. The van der Waals surface area contributed by atoms with Gasteiger partial charge in [-0.25, -0.2) is 0 Å². The van der Waals surface area contributed by atoms with E-state index in [9.17, 15) is 13.2 Å². The lowest BCUT2D eigenvalue weighted by molar-refractivity contribution is -0.159. The SMILES string of the molecule is FC(F)(F)c1nc(-c2ccc(Cn3cc(I)cn3)c(Cl)c2)no1. The first kappa shape index (κ1) is 16.2. The highest BCUT2D eigenvalue weighted by atomic mass is 127. The normalized spacial score (nSPS) is 11.9. The summed E-state index contributed by atoms with van der Waals surface area (Å²) in [6.45, 7) is 0.447. The Hall–Kier alpha value is -1.62. The zero-order chi connectivity index (χ0) is 16.6. The Morgan fingerprint density at radius 3 is 2.65 bits per heavy atom. The van der Waals surface area contributed by atoms with E-state index < -0.39 is 12.1 Å². The van der Waals surface area contributed by atoms with Crippen LogP contribution in [0.4, 0.5) is 13.2 Å². The van der Waals surface area contributed by atoms with Crippen molar-refractivity contribution in [1.82, 2.24) is 19.9 Å². The molecular weight excluding hydrogens is 448 g/mol. The number of aromatic nitrogens is 4. The van der Waals surface area contributed by atoms with Crippen LogP contribution in [0.15, 0.2) is 35.1 Å². The molecule has 2 heterocycles. The van der Waals surface area contributed by atoms with E-state index in [1.807, 2.05) is 6.20 Å². The summed E-state index contributed by atoms with van der Waals surface area (Å²) in [7, 11) is 0. The average Bonchev–Trinajstić information content (AvgIpc) is 3.10. The molecule has 0 amide bonds. The maximum atomic E-state index is 12.5. The Morgan fingerprint density at radius 1 is 1.30 bits per heavy atom. The van der Waals surface area contributed by atoms with Crippen molar-refractivity contribution >= 4 is 34.2 Å². The molecule has 0 fully saturated rings. The lowest BCUT2D eigenvalue weighted by Gasteiger charge is -2.05. The summed E-state index contributed by atoms with van der Waals surface area (Å²) in [5.41, 5.74) is 1.11. The highest BCUT2D eigenvalue weighted by Gasteiger charge is 2.38. The van der Waals surface area contributed by atoms with E-state index in [1.165, 1.54) is 6.07 Å². The summed E-state index contributed by atoms with van der Waals surface area (Å²) < 4.78 is 44.3. The zero-order valence-corrected chi connectivity index (χ0v) is 14.1. The average molecular weight is 455 g/mol. The molecule has 0 saturated carbocycles. The molecule has 0 aliphatic carbocycles. The van der Waals surface area contributed by atoms with E-state index in [0.29, 0.717) is 17.1 Å². The van der Waals surface area contributed by atoms with E-state index in [-0.39, 0.29) is 5.82 Å². The minimum absolute atomic E-state index is 0.167. The molecule has 2 aromatic heterocycles. The fraction of sp³-hybridized carbons (Fsp3) is 0.154. The van der Waals surface area contributed by atoms with Crippen molar-refractivity contribution in [3.05, 3.63) is 50.6 Å². The van der Waals surface area contributed by atoms with Crippen LogP contribution in [0.5, 0.6) is 0 Å². The van der Waals surface area contributed by atoms with Crippen LogP contribution in [-0.2, 0) is 12.7 Å². The smallest absolute Gasteiger partial charge is 0.329 e. The molecule has 0 saturated heterocycles. The van der Waals surface area contributed by atoms with Crippen molar-refractivity contribution in [2.24, 2.45) is 0 Å². The van der Waals surface area contributed by atoms with Gasteiger partial charge in [-0.1, -0.05) is 28.9 Å². The van der Waals surface area contributed by atoms with E-state index >= 15 is 0 Å². The number of benzene rings is 1. The molecule has 1 aromatic carbocycles. The second kappa shape index (κ2) is 6.11. The fourth-order valence-electron chi connectivity index (χ4n) is 1.87. The standard InChI is InChI=1S/C13H7ClF3IN4O/c14-10-3-7(11-20-12(23-21-11)13(15,16)17)1-2-8(10)5-22-6-9(18)4-19-22/h1-4,6H,5H2. The van der Waals surface area contributed by atoms with Crippen LogP contribution in [0.1, 0.15) is 11.5 Å². The maximum absolute atomic E-state index is 12.5. The molecule has 0 atom stereocenters. The van der Waals surface area contributed by atoms with Crippen LogP contribution in [0.3, 0.4) is 0 Å². The van der Waals surface area contributed by atoms with Crippen molar-refractivity contribution in [3.8, 4) is 11.4 Å². The van der Waals surface area contributed by atoms with Gasteiger partial charge >= 0.3 is 12.1 Å². The van der Waals surface area contributed by atoms with Crippen LogP contribution in [0, 0.1) is 3.57 Å². The first-order chi connectivity index (χ1) is 10.8. The van der Waals surface area contributed by atoms with Crippen LogP contribution in [0.25, 0.3) is 11.4 Å². The van der Waals surface area contributed by atoms with Gasteiger partial charge in [-0.2, -0.15) is 23.3 Å². The van der Waals surface area contributed by atoms with Crippen molar-refractivity contribution in [1.29, 1.82) is 0 Å². The van der Waals surface area contributed by atoms with Gasteiger partial charge in [0.1, 0.15) is 0 Å². The molecule has 0 bridgehead atoms. The maximum Gasteiger partial charge on any atom is 0.471 e. The minimum atomic E-state index is -4.67. The van der Waals surface area contributed by atoms with E-state index in [1.54, 1.807) is 23.0 Å². The molecule has 3 aromatic rings. The number of hydrogen-bond donors (Lipinski definition) is 0. The lowest BCUT2D eigenvalue weighted by atomic mass is 10.1. The summed E-state index contributed by atoms with van der Waals surface area (Å²) in [4.78, 5) is 3.33. The molecule has 3 rings (SSSR count). The Kier molecular flexibility index (Phi) is 4.32. The largest absolute Gasteiger partial charge is 0.471 e. The van der Waals surface area contributed by atoms with Crippen molar-refractivity contribution in [3.63, 3.8) is 0 Å². The zero-order valence-electron chi connectivity index (χ0n) is 11.2. The lowest BCUT2D eigenvalue weighted by Crippen LogP contribution is -2.04. The summed E-state index contributed by atoms with van der Waals surface area (Å²) in [5, 5.41) is 7.86. The van der Waals surface area contributed by atoms with Gasteiger partial charge in [0.25, 0.3) is 0 Å². The van der Waals surface area contributed by atoms with Gasteiger partial charge in [0.15, 0.2) is 0 Å². The van der Waals surface area contributed by atoms with Gasteiger partial charge in [0.2, 0.25) is 5.82 Å². The topological polar surface area (TPSA) is 56.7 Å². The number of alkyl halides is 3. The molecule has 0 N–H and O–H groups in total. The molecule has 0 aliphatic rings. The van der Waals surface area contributed by atoms with Gasteiger partial charge in [0, 0.05) is 16.8 Å². The van der Waals surface area contributed by atoms with Crippen molar-refractivity contribution in [2.75, 3.05) is 0 Å². The molecule has 10 heteroatoms. The molecule has 23 heavy (non-hydrogen) atoms. The first-order valence-corrected chi connectivity index (χ1v) is 7.66. The van der Waals surface area contributed by atoms with Gasteiger partial charge < -0.3 is 4.52 Å². The number of nitrogens with zero attached hydrogens (tertiary/aromatic N) is 4. The molecular formula is C13H7ClF3IN4O. The predicted molar refractivity (Wildman–Crippen MR) is 83.8 cm³/mol. The fourth-order valence-corrected chi connectivity index (χ4v) is 2.56. The second-order valence-corrected chi connectivity index (χ2v) is 6.24. The third-order valence-electron chi connectivity index (χ3n) is 2.91. The molecule has 0 radical (unpaired) electrons. The Labute approximate surface area is 146 Å². The summed E-state index contributed by atoms with van der Waals surface area (Å²) >= 11 is 8.32. The van der Waals surface area contributed by atoms with Gasteiger partial charge in [-0.15, -0.1) is 0 Å². The second-order valence-electron chi connectivity index (χ2n) is 4.58. The van der Waals surface area contributed by atoms with Crippen LogP contribution in [0.2, 0.25) is 5.02 Å². The quantitative estimate of drug-likeness (QED) is 0.555. The van der Waals surface area contributed by atoms with Gasteiger partial charge in [0.05, 0.1) is 16.3 Å². The third-order valence-corrected chi connectivity index (χ3v) is 3.82. The van der Waals surface area contributed by atoms with E-state index in [0.717, 1.165) is 9.13 Å². The highest BCUT2D eigenvalue weighted by Crippen LogP contribution is 2.30. The molecule has 0 spiro atoms.